The van der Waals surface area contributed by atoms with Crippen LogP contribution in [0.3, 0.4) is 0 Å². The number of quaternary nitrogens is 1. The molecule has 0 radical (unpaired) electrons. The number of rotatable bonds is 40. The molecule has 0 N–H and O–H groups in total. The van der Waals surface area contributed by atoms with Crippen molar-refractivity contribution in [1.29, 1.82) is 0 Å². The van der Waals surface area contributed by atoms with Gasteiger partial charge < -0.3 is 0 Å². The number of hydroxylamine groups is 4. The third-order valence-electron chi connectivity index (χ3n) is 9.68. The molecule has 280 valence electrons. The van der Waals surface area contributed by atoms with Gasteiger partial charge >= 0.3 is 0 Å². The molecular formula is C42H84NO4+. The Bertz CT molecular complexity index is 611. The number of unbranched alkanes of at least 4 members (excludes halogenated alkanes) is 28. The van der Waals surface area contributed by atoms with Gasteiger partial charge in [0.2, 0.25) is 0 Å². The Labute approximate surface area is 294 Å². The quantitative estimate of drug-likeness (QED) is 0.0371. The molecule has 47 heavy (non-hydrogen) atoms. The lowest BCUT2D eigenvalue weighted by Gasteiger charge is -2.23. The lowest BCUT2D eigenvalue weighted by atomic mass is 10.0. The Morgan fingerprint density at radius 3 is 0.787 bits per heavy atom. The minimum atomic E-state index is -0.0710. The summed E-state index contributed by atoms with van der Waals surface area (Å²) in [4.78, 5) is 36.0. The molecule has 0 saturated heterocycles. The zero-order chi connectivity index (χ0) is 34.5. The van der Waals surface area contributed by atoms with E-state index in [2.05, 4.69) is 13.8 Å². The summed E-state index contributed by atoms with van der Waals surface area (Å²) in [6, 6.07) is 0. The first-order valence-electron chi connectivity index (χ1n) is 21.1. The average Bonchev–Trinajstić information content (AvgIpc) is 3.04. The van der Waals surface area contributed by atoms with Crippen LogP contribution in [0.25, 0.3) is 0 Å². The van der Waals surface area contributed by atoms with Gasteiger partial charge in [-0.25, -0.2) is 0 Å². The maximum Gasteiger partial charge on any atom is 0.135 e. The minimum Gasteiger partial charge on any atom is -0.300 e. The van der Waals surface area contributed by atoms with Gasteiger partial charge in [0, 0.05) is 25.7 Å². The Kier molecular flexibility index (Phi) is 35.9. The zero-order valence-electron chi connectivity index (χ0n) is 32.5. The summed E-state index contributed by atoms with van der Waals surface area (Å²) >= 11 is 0. The van der Waals surface area contributed by atoms with Gasteiger partial charge in [0.15, 0.2) is 0 Å². The largest absolute Gasteiger partial charge is 0.300 e. The Balaban J connectivity index is 3.47. The number of carbonyl (C=O) groups excluding carboxylic acids is 2. The highest BCUT2D eigenvalue weighted by molar-refractivity contribution is 5.78. The molecular weight excluding hydrogens is 582 g/mol. The number of ketones is 2. The molecule has 0 heterocycles. The van der Waals surface area contributed by atoms with E-state index in [1.807, 2.05) is 14.1 Å². The van der Waals surface area contributed by atoms with Crippen molar-refractivity contribution in [3.63, 3.8) is 0 Å². The molecule has 0 fully saturated rings. The molecule has 0 atom stereocenters. The Hall–Kier alpha value is -0.780. The fourth-order valence-corrected chi connectivity index (χ4v) is 6.43. The van der Waals surface area contributed by atoms with E-state index in [0.717, 1.165) is 25.7 Å². The van der Waals surface area contributed by atoms with Gasteiger partial charge in [-0.3, -0.25) is 9.59 Å². The smallest absolute Gasteiger partial charge is 0.135 e. The molecule has 0 unspecified atom stereocenters. The SMILES string of the molecule is CCCCCCCCCCCCCCCCCC(=O)CCO[N+](C)(C)OCCC(=O)CCCCCCCCCCCCCCCCC. The second kappa shape index (κ2) is 36.5. The number of nitrogens with zero attached hydrogens (tertiary/aromatic N) is 1. The summed E-state index contributed by atoms with van der Waals surface area (Å²) in [5, 5.41) is 0. The van der Waals surface area contributed by atoms with Gasteiger partial charge in [0.25, 0.3) is 0 Å². The normalized spacial score (nSPS) is 11.8. The second-order valence-electron chi connectivity index (χ2n) is 14.9. The van der Waals surface area contributed by atoms with Crippen LogP contribution in [0.5, 0.6) is 0 Å². The van der Waals surface area contributed by atoms with E-state index < -0.39 is 0 Å². The fourth-order valence-electron chi connectivity index (χ4n) is 6.43. The summed E-state index contributed by atoms with van der Waals surface area (Å²) < 4.78 is 0. The van der Waals surface area contributed by atoms with Crippen LogP contribution in [-0.2, 0) is 19.3 Å². The van der Waals surface area contributed by atoms with Crippen molar-refractivity contribution in [2.75, 3.05) is 27.3 Å². The summed E-state index contributed by atoms with van der Waals surface area (Å²) in [7, 11) is 3.64. The van der Waals surface area contributed by atoms with Gasteiger partial charge in [0.1, 0.15) is 38.9 Å². The lowest BCUT2D eigenvalue weighted by molar-refractivity contribution is -1.22. The predicted octanol–water partition coefficient (Wildman–Crippen LogP) is 13.4. The second-order valence-corrected chi connectivity index (χ2v) is 14.9. The van der Waals surface area contributed by atoms with E-state index in [0.29, 0.717) is 38.9 Å². The van der Waals surface area contributed by atoms with E-state index in [9.17, 15) is 9.59 Å². The maximum absolute atomic E-state index is 12.3. The van der Waals surface area contributed by atoms with Gasteiger partial charge in [-0.1, -0.05) is 194 Å². The van der Waals surface area contributed by atoms with Gasteiger partial charge in [-0.05, 0) is 17.7 Å². The van der Waals surface area contributed by atoms with Crippen LogP contribution in [0.15, 0.2) is 0 Å². The predicted molar refractivity (Wildman–Crippen MR) is 202 cm³/mol. The van der Waals surface area contributed by atoms with Crippen LogP contribution in [0.1, 0.15) is 232 Å². The molecule has 0 spiro atoms. The third kappa shape index (κ3) is 37.9. The molecule has 0 aromatic heterocycles. The first kappa shape index (κ1) is 46.2. The van der Waals surface area contributed by atoms with E-state index in [-0.39, 0.29) is 16.4 Å². The first-order chi connectivity index (χ1) is 22.9. The monoisotopic (exact) mass is 667 g/mol. The highest BCUT2D eigenvalue weighted by Gasteiger charge is 2.20. The van der Waals surface area contributed by atoms with Crippen molar-refractivity contribution in [3.05, 3.63) is 0 Å². The van der Waals surface area contributed by atoms with Crippen LogP contribution in [0.4, 0.5) is 0 Å². The van der Waals surface area contributed by atoms with Crippen molar-refractivity contribution < 1.29 is 24.1 Å². The molecule has 0 aliphatic rings. The van der Waals surface area contributed by atoms with Crippen molar-refractivity contribution in [2.45, 2.75) is 232 Å². The summed E-state index contributed by atoms with van der Waals surface area (Å²) in [6.45, 7) is 5.28. The number of hydrogen-bond donors (Lipinski definition) is 0. The topological polar surface area (TPSA) is 52.6 Å². The maximum atomic E-state index is 12.3. The van der Waals surface area contributed by atoms with Crippen molar-refractivity contribution in [1.82, 2.24) is 0 Å². The van der Waals surface area contributed by atoms with Crippen LogP contribution in [0, 0.1) is 0 Å². The van der Waals surface area contributed by atoms with Gasteiger partial charge in [0.05, 0.1) is 0 Å². The van der Waals surface area contributed by atoms with E-state index >= 15 is 0 Å². The molecule has 0 bridgehead atoms. The summed E-state index contributed by atoms with van der Waals surface area (Å²) in [5.41, 5.74) is 0. The standard InChI is InChI=1S/C42H84NO4/c1-5-7-9-11-13-15-17-19-21-23-25-27-29-31-33-35-41(44)37-39-46-43(3,4)47-40-38-42(45)36-34-32-30-28-26-24-22-20-18-16-14-12-10-8-6-2/h5-40H2,1-4H3/q+1. The van der Waals surface area contributed by atoms with Gasteiger partial charge in [-0.15, -0.1) is 0 Å². The minimum absolute atomic E-state index is 0.0710. The Morgan fingerprint density at radius 1 is 0.340 bits per heavy atom. The average molecular weight is 667 g/mol. The Morgan fingerprint density at radius 2 is 0.553 bits per heavy atom. The van der Waals surface area contributed by atoms with Crippen molar-refractivity contribution in [3.8, 4) is 0 Å². The summed E-state index contributed by atoms with van der Waals surface area (Å²) in [5.74, 6) is 0.553. The highest BCUT2D eigenvalue weighted by atomic mass is 17.0. The van der Waals surface area contributed by atoms with Crippen LogP contribution in [-0.4, -0.2) is 43.7 Å². The number of hydrogen-bond acceptors (Lipinski definition) is 4. The van der Waals surface area contributed by atoms with Gasteiger partial charge in [-0.2, -0.15) is 9.68 Å². The first-order valence-corrected chi connectivity index (χ1v) is 21.1. The fraction of sp³-hybridized carbons (Fsp3) is 0.952. The van der Waals surface area contributed by atoms with E-state index in [1.165, 1.54) is 167 Å². The molecule has 5 heteroatoms. The molecule has 0 aromatic rings. The zero-order valence-corrected chi connectivity index (χ0v) is 32.5. The molecule has 5 nitrogen and oxygen atoms in total. The molecule has 0 amide bonds. The third-order valence-corrected chi connectivity index (χ3v) is 9.68. The molecule has 0 aromatic carbocycles. The molecule has 0 aliphatic heterocycles. The number of carbonyl (C=O) groups is 2. The van der Waals surface area contributed by atoms with Crippen molar-refractivity contribution in [2.24, 2.45) is 0 Å². The van der Waals surface area contributed by atoms with Crippen molar-refractivity contribution >= 4 is 11.6 Å². The molecule has 0 saturated carbocycles. The van der Waals surface area contributed by atoms with E-state index in [4.69, 9.17) is 9.68 Å². The number of Topliss-reactive ketones (excluding diaryl/α,β-unsaturated/α-hetero) is 2. The lowest BCUT2D eigenvalue weighted by Crippen LogP contribution is -2.40. The summed E-state index contributed by atoms with van der Waals surface area (Å²) in [6.07, 6.45) is 42.3. The van der Waals surface area contributed by atoms with Crippen LogP contribution < -0.4 is 0 Å². The molecule has 0 aliphatic carbocycles. The van der Waals surface area contributed by atoms with Crippen LogP contribution in [0.2, 0.25) is 0 Å². The van der Waals surface area contributed by atoms with E-state index in [1.54, 1.807) is 0 Å². The highest BCUT2D eigenvalue weighted by Crippen LogP contribution is 2.16. The molecule has 0 rings (SSSR count). The van der Waals surface area contributed by atoms with Crippen LogP contribution >= 0.6 is 0 Å².